The summed E-state index contributed by atoms with van der Waals surface area (Å²) < 4.78 is 6.44. The Bertz CT molecular complexity index is 615. The maximum atomic E-state index is 11.7. The van der Waals surface area contributed by atoms with E-state index < -0.39 is 22.8 Å². The van der Waals surface area contributed by atoms with E-state index in [0.717, 1.165) is 4.57 Å². The SMILES string of the molecule is CCOC1CC(O)(CNC(=O)Cn2ccc(=O)[nH]c2=O)C1. The molecule has 1 heterocycles. The van der Waals surface area contributed by atoms with Crippen LogP contribution in [-0.2, 0) is 16.1 Å². The van der Waals surface area contributed by atoms with Gasteiger partial charge in [0.2, 0.25) is 5.91 Å². The zero-order valence-corrected chi connectivity index (χ0v) is 11.8. The van der Waals surface area contributed by atoms with E-state index in [2.05, 4.69) is 10.3 Å². The zero-order chi connectivity index (χ0) is 15.5. The number of carbonyl (C=O) groups is 1. The topological polar surface area (TPSA) is 113 Å². The molecule has 0 radical (unpaired) electrons. The minimum Gasteiger partial charge on any atom is -0.388 e. The molecule has 1 fully saturated rings. The van der Waals surface area contributed by atoms with Crippen molar-refractivity contribution in [1.29, 1.82) is 0 Å². The molecule has 8 heteroatoms. The summed E-state index contributed by atoms with van der Waals surface area (Å²) in [5.41, 5.74) is -2.09. The van der Waals surface area contributed by atoms with Gasteiger partial charge in [-0.3, -0.25) is 19.1 Å². The fourth-order valence-electron chi connectivity index (χ4n) is 2.33. The van der Waals surface area contributed by atoms with E-state index in [0.29, 0.717) is 19.4 Å². The largest absolute Gasteiger partial charge is 0.388 e. The van der Waals surface area contributed by atoms with Crippen molar-refractivity contribution in [2.45, 2.75) is 38.0 Å². The lowest BCUT2D eigenvalue weighted by atomic mass is 9.77. The fraction of sp³-hybridized carbons (Fsp3) is 0.615. The first-order valence-corrected chi connectivity index (χ1v) is 6.82. The van der Waals surface area contributed by atoms with E-state index in [9.17, 15) is 19.5 Å². The molecule has 0 atom stereocenters. The number of amides is 1. The summed E-state index contributed by atoms with van der Waals surface area (Å²) in [5.74, 6) is -0.405. The van der Waals surface area contributed by atoms with Crippen LogP contribution in [0.4, 0.5) is 0 Å². The lowest BCUT2D eigenvalue weighted by molar-refractivity contribution is -0.141. The molecule has 116 valence electrons. The molecule has 1 aromatic rings. The van der Waals surface area contributed by atoms with E-state index >= 15 is 0 Å². The Labute approximate surface area is 120 Å². The van der Waals surface area contributed by atoms with Gasteiger partial charge in [-0.15, -0.1) is 0 Å². The average molecular weight is 297 g/mol. The Morgan fingerprint density at radius 2 is 2.29 bits per heavy atom. The summed E-state index contributed by atoms with van der Waals surface area (Å²) in [4.78, 5) is 36.1. The maximum Gasteiger partial charge on any atom is 0.328 e. The predicted molar refractivity (Wildman–Crippen MR) is 73.9 cm³/mol. The van der Waals surface area contributed by atoms with Crippen LogP contribution >= 0.6 is 0 Å². The van der Waals surface area contributed by atoms with E-state index in [-0.39, 0.29) is 19.2 Å². The lowest BCUT2D eigenvalue weighted by Crippen LogP contribution is -2.55. The van der Waals surface area contributed by atoms with Gasteiger partial charge >= 0.3 is 5.69 Å². The van der Waals surface area contributed by atoms with Crippen molar-refractivity contribution < 1.29 is 14.6 Å². The molecule has 0 unspecified atom stereocenters. The van der Waals surface area contributed by atoms with Crippen LogP contribution in [0.1, 0.15) is 19.8 Å². The number of aliphatic hydroxyl groups is 1. The van der Waals surface area contributed by atoms with Crippen molar-refractivity contribution in [2.24, 2.45) is 0 Å². The molecular weight excluding hydrogens is 278 g/mol. The molecule has 3 N–H and O–H groups in total. The molecule has 0 aliphatic heterocycles. The number of rotatable bonds is 6. The molecule has 21 heavy (non-hydrogen) atoms. The van der Waals surface area contributed by atoms with Crippen LogP contribution < -0.4 is 16.6 Å². The number of H-pyrrole nitrogens is 1. The quantitative estimate of drug-likeness (QED) is 0.596. The number of nitrogens with zero attached hydrogens (tertiary/aromatic N) is 1. The zero-order valence-electron chi connectivity index (χ0n) is 11.8. The normalized spacial score (nSPS) is 24.4. The standard InChI is InChI=1S/C13H19N3O5/c1-2-21-9-5-13(20,6-9)8-14-11(18)7-16-4-3-10(17)15-12(16)19/h3-4,9,20H,2,5-8H2,1H3,(H,14,18)(H,15,17,19). The van der Waals surface area contributed by atoms with Crippen molar-refractivity contribution in [1.82, 2.24) is 14.9 Å². The minimum absolute atomic E-state index is 0.0405. The predicted octanol–water partition coefficient (Wildman–Crippen LogP) is -1.42. The number of nitrogens with one attached hydrogen (secondary N) is 2. The van der Waals surface area contributed by atoms with Crippen LogP contribution in [-0.4, -0.2) is 45.4 Å². The Morgan fingerprint density at radius 3 is 2.90 bits per heavy atom. The molecule has 0 bridgehead atoms. The number of hydrogen-bond donors (Lipinski definition) is 3. The monoisotopic (exact) mass is 297 g/mol. The van der Waals surface area contributed by atoms with Crippen LogP contribution in [0.3, 0.4) is 0 Å². The van der Waals surface area contributed by atoms with E-state index in [4.69, 9.17) is 4.74 Å². The summed E-state index contributed by atoms with van der Waals surface area (Å²) in [6.45, 7) is 2.40. The van der Waals surface area contributed by atoms with E-state index in [1.165, 1.54) is 12.3 Å². The number of ether oxygens (including phenoxy) is 1. The molecule has 1 aliphatic carbocycles. The highest BCUT2D eigenvalue weighted by Crippen LogP contribution is 2.33. The maximum absolute atomic E-state index is 11.7. The van der Waals surface area contributed by atoms with Gasteiger partial charge in [-0.2, -0.15) is 0 Å². The summed E-state index contributed by atoms with van der Waals surface area (Å²) in [7, 11) is 0. The molecular formula is C13H19N3O5. The van der Waals surface area contributed by atoms with Gasteiger partial charge in [-0.25, -0.2) is 4.79 Å². The van der Waals surface area contributed by atoms with Gasteiger partial charge in [-0.05, 0) is 6.92 Å². The Morgan fingerprint density at radius 1 is 1.57 bits per heavy atom. The van der Waals surface area contributed by atoms with Crippen molar-refractivity contribution in [3.05, 3.63) is 33.1 Å². The summed E-state index contributed by atoms with van der Waals surface area (Å²) >= 11 is 0. The molecule has 1 aromatic heterocycles. The van der Waals surface area contributed by atoms with Gasteiger partial charge in [0, 0.05) is 38.3 Å². The highest BCUT2D eigenvalue weighted by molar-refractivity contribution is 5.75. The van der Waals surface area contributed by atoms with Crippen LogP contribution in [0.25, 0.3) is 0 Å². The Balaban J connectivity index is 1.80. The van der Waals surface area contributed by atoms with Gasteiger partial charge in [-0.1, -0.05) is 0 Å². The first-order valence-electron chi connectivity index (χ1n) is 6.82. The van der Waals surface area contributed by atoms with E-state index in [1.54, 1.807) is 0 Å². The van der Waals surface area contributed by atoms with E-state index in [1.807, 2.05) is 6.92 Å². The number of carbonyl (C=O) groups excluding carboxylic acids is 1. The third kappa shape index (κ3) is 4.02. The smallest absolute Gasteiger partial charge is 0.328 e. The van der Waals surface area contributed by atoms with Gasteiger partial charge < -0.3 is 15.2 Å². The van der Waals surface area contributed by atoms with Crippen LogP contribution in [0, 0.1) is 0 Å². The molecule has 1 aliphatic rings. The summed E-state index contributed by atoms with van der Waals surface area (Å²) in [6.07, 6.45) is 2.27. The second kappa shape index (κ2) is 6.23. The molecule has 1 amide bonds. The molecule has 0 aromatic carbocycles. The fourth-order valence-corrected chi connectivity index (χ4v) is 2.33. The average Bonchev–Trinajstić information content (AvgIpc) is 2.38. The Hall–Kier alpha value is -1.93. The van der Waals surface area contributed by atoms with Crippen molar-refractivity contribution >= 4 is 5.91 Å². The third-order valence-corrected chi connectivity index (χ3v) is 3.44. The number of aromatic amines is 1. The van der Waals surface area contributed by atoms with Crippen LogP contribution in [0.5, 0.6) is 0 Å². The second-order valence-electron chi connectivity index (χ2n) is 5.22. The van der Waals surface area contributed by atoms with Crippen molar-refractivity contribution in [3.63, 3.8) is 0 Å². The first kappa shape index (κ1) is 15.5. The van der Waals surface area contributed by atoms with Gasteiger partial charge in [0.25, 0.3) is 5.56 Å². The van der Waals surface area contributed by atoms with Crippen molar-refractivity contribution in [3.8, 4) is 0 Å². The first-order chi connectivity index (χ1) is 9.92. The molecule has 1 saturated carbocycles. The number of aromatic nitrogens is 2. The molecule has 0 spiro atoms. The lowest BCUT2D eigenvalue weighted by Gasteiger charge is -2.43. The Kier molecular flexibility index (Phi) is 4.59. The van der Waals surface area contributed by atoms with Crippen LogP contribution in [0.15, 0.2) is 21.9 Å². The minimum atomic E-state index is -0.939. The third-order valence-electron chi connectivity index (χ3n) is 3.44. The molecule has 0 saturated heterocycles. The second-order valence-corrected chi connectivity index (χ2v) is 5.22. The van der Waals surface area contributed by atoms with Gasteiger partial charge in [0.05, 0.1) is 11.7 Å². The molecule has 2 rings (SSSR count). The van der Waals surface area contributed by atoms with Gasteiger partial charge in [0.15, 0.2) is 0 Å². The summed E-state index contributed by atoms with van der Waals surface area (Å²) in [5, 5.41) is 12.7. The van der Waals surface area contributed by atoms with Crippen molar-refractivity contribution in [2.75, 3.05) is 13.2 Å². The highest BCUT2D eigenvalue weighted by Gasteiger charge is 2.43. The van der Waals surface area contributed by atoms with Gasteiger partial charge in [0.1, 0.15) is 6.54 Å². The van der Waals surface area contributed by atoms with Crippen LogP contribution in [0.2, 0.25) is 0 Å². The number of hydrogen-bond acceptors (Lipinski definition) is 5. The highest BCUT2D eigenvalue weighted by atomic mass is 16.5. The summed E-state index contributed by atoms with van der Waals surface area (Å²) in [6, 6.07) is 1.17. The molecule has 8 nitrogen and oxygen atoms in total.